The highest BCUT2D eigenvalue weighted by Gasteiger charge is 2.45. The molecule has 1 rings (SSSR count). The number of nitrogens with zero attached hydrogens (tertiary/aromatic N) is 1. The molecule has 0 aromatic carbocycles. The lowest BCUT2D eigenvalue weighted by Crippen LogP contribution is -2.44. The van der Waals surface area contributed by atoms with Gasteiger partial charge < -0.3 is 5.11 Å². The van der Waals surface area contributed by atoms with E-state index >= 15 is 0 Å². The van der Waals surface area contributed by atoms with Crippen molar-refractivity contribution in [2.45, 2.75) is 52.1 Å². The van der Waals surface area contributed by atoms with Gasteiger partial charge in [0.15, 0.2) is 0 Å². The van der Waals surface area contributed by atoms with E-state index in [1.165, 1.54) is 0 Å². The van der Waals surface area contributed by atoms with Crippen molar-refractivity contribution in [3.05, 3.63) is 0 Å². The zero-order chi connectivity index (χ0) is 10.1. The van der Waals surface area contributed by atoms with Gasteiger partial charge in [-0.05, 0) is 45.4 Å². The normalized spacial score (nSPS) is 35.5. The number of rotatable bonds is 1. The van der Waals surface area contributed by atoms with Gasteiger partial charge in [-0.3, -0.25) is 0 Å². The quantitative estimate of drug-likeness (QED) is 0.675. The van der Waals surface area contributed by atoms with Crippen LogP contribution < -0.4 is 0 Å². The van der Waals surface area contributed by atoms with E-state index in [4.69, 9.17) is 5.26 Å². The molecule has 74 valence electrons. The average molecular weight is 181 g/mol. The average Bonchev–Trinajstić information content (AvgIpc) is 2.04. The van der Waals surface area contributed by atoms with Crippen LogP contribution in [0.1, 0.15) is 46.5 Å². The number of hydrogen-bond donors (Lipinski definition) is 1. The van der Waals surface area contributed by atoms with E-state index in [1.54, 1.807) is 13.8 Å². The predicted molar refractivity (Wildman–Crippen MR) is 52.0 cm³/mol. The summed E-state index contributed by atoms with van der Waals surface area (Å²) in [6.45, 7) is 5.73. The molecular formula is C11H19NO. The van der Waals surface area contributed by atoms with Gasteiger partial charge in [0, 0.05) is 0 Å². The van der Waals surface area contributed by atoms with Gasteiger partial charge in [0.2, 0.25) is 0 Å². The molecule has 0 spiro atoms. The van der Waals surface area contributed by atoms with Crippen LogP contribution in [0.4, 0.5) is 0 Å². The third kappa shape index (κ3) is 1.86. The van der Waals surface area contributed by atoms with Crippen molar-refractivity contribution in [1.82, 2.24) is 0 Å². The lowest BCUT2D eigenvalue weighted by molar-refractivity contribution is -0.0475. The van der Waals surface area contributed by atoms with Crippen molar-refractivity contribution in [3.63, 3.8) is 0 Å². The number of nitriles is 1. The van der Waals surface area contributed by atoms with Crippen molar-refractivity contribution in [3.8, 4) is 6.07 Å². The van der Waals surface area contributed by atoms with E-state index in [1.807, 2.05) is 0 Å². The fourth-order valence-electron chi connectivity index (χ4n) is 2.12. The second-order valence-corrected chi connectivity index (χ2v) is 4.94. The van der Waals surface area contributed by atoms with Crippen molar-refractivity contribution in [2.75, 3.05) is 0 Å². The summed E-state index contributed by atoms with van der Waals surface area (Å²) >= 11 is 0. The van der Waals surface area contributed by atoms with Gasteiger partial charge >= 0.3 is 0 Å². The summed E-state index contributed by atoms with van der Waals surface area (Å²) in [4.78, 5) is 0. The Bertz CT molecular complexity index is 213. The molecule has 2 heteroatoms. The minimum atomic E-state index is -0.859. The second-order valence-electron chi connectivity index (χ2n) is 4.94. The van der Waals surface area contributed by atoms with Crippen LogP contribution in [0.2, 0.25) is 0 Å². The van der Waals surface area contributed by atoms with E-state index in [-0.39, 0.29) is 0 Å². The van der Waals surface area contributed by atoms with Crippen LogP contribution >= 0.6 is 0 Å². The van der Waals surface area contributed by atoms with Gasteiger partial charge in [-0.25, -0.2) is 0 Å². The van der Waals surface area contributed by atoms with Gasteiger partial charge in [-0.1, -0.05) is 6.92 Å². The first kappa shape index (κ1) is 10.5. The highest BCUT2D eigenvalue weighted by atomic mass is 16.3. The van der Waals surface area contributed by atoms with Crippen LogP contribution in [0.15, 0.2) is 0 Å². The molecule has 0 aliphatic heterocycles. The smallest absolute Gasteiger partial charge is 0.0855 e. The minimum Gasteiger partial charge on any atom is -0.389 e. The minimum absolute atomic E-state index is 0.500. The summed E-state index contributed by atoms with van der Waals surface area (Å²) in [6.07, 6.45) is 3.82. The molecule has 1 fully saturated rings. The molecule has 0 unspecified atom stereocenters. The molecule has 2 nitrogen and oxygen atoms in total. The zero-order valence-electron chi connectivity index (χ0n) is 8.80. The number of aliphatic hydroxyl groups is 1. The van der Waals surface area contributed by atoms with Crippen LogP contribution in [-0.4, -0.2) is 10.7 Å². The van der Waals surface area contributed by atoms with E-state index in [9.17, 15) is 5.11 Å². The maximum Gasteiger partial charge on any atom is 0.0855 e. The van der Waals surface area contributed by atoms with Crippen molar-refractivity contribution in [2.24, 2.45) is 11.3 Å². The second kappa shape index (κ2) is 3.31. The van der Waals surface area contributed by atoms with Crippen molar-refractivity contribution >= 4 is 0 Å². The molecule has 13 heavy (non-hydrogen) atoms. The molecule has 0 amide bonds. The first-order chi connectivity index (χ1) is 5.91. The highest BCUT2D eigenvalue weighted by molar-refractivity contribution is 5.09. The van der Waals surface area contributed by atoms with Gasteiger partial charge in [0.05, 0.1) is 17.1 Å². The maximum absolute atomic E-state index is 9.96. The van der Waals surface area contributed by atoms with Gasteiger partial charge in [0.1, 0.15) is 0 Å². The molecule has 1 N–H and O–H groups in total. The van der Waals surface area contributed by atoms with E-state index in [0.29, 0.717) is 5.92 Å². The van der Waals surface area contributed by atoms with Gasteiger partial charge in [-0.2, -0.15) is 5.26 Å². The summed E-state index contributed by atoms with van der Waals surface area (Å²) in [6, 6.07) is 2.33. The molecule has 0 atom stereocenters. The Labute approximate surface area is 80.6 Å². The van der Waals surface area contributed by atoms with E-state index in [2.05, 4.69) is 13.0 Å². The molecule has 0 bridgehead atoms. The zero-order valence-corrected chi connectivity index (χ0v) is 8.80. The fourth-order valence-corrected chi connectivity index (χ4v) is 2.12. The molecule has 0 radical (unpaired) electrons. The van der Waals surface area contributed by atoms with Crippen molar-refractivity contribution < 1.29 is 5.11 Å². The van der Waals surface area contributed by atoms with E-state index < -0.39 is 11.0 Å². The van der Waals surface area contributed by atoms with Crippen LogP contribution in [0.3, 0.4) is 0 Å². The topological polar surface area (TPSA) is 44.0 Å². The van der Waals surface area contributed by atoms with Crippen molar-refractivity contribution in [1.29, 1.82) is 5.26 Å². The molecule has 0 heterocycles. The van der Waals surface area contributed by atoms with Crippen LogP contribution in [0, 0.1) is 22.7 Å². The first-order valence-corrected chi connectivity index (χ1v) is 5.05. The third-order valence-corrected chi connectivity index (χ3v) is 3.51. The van der Waals surface area contributed by atoms with Crippen LogP contribution in [0.5, 0.6) is 0 Å². The van der Waals surface area contributed by atoms with Gasteiger partial charge in [-0.15, -0.1) is 0 Å². The Morgan fingerprint density at radius 1 is 1.38 bits per heavy atom. The largest absolute Gasteiger partial charge is 0.389 e. The maximum atomic E-state index is 9.96. The molecule has 0 saturated heterocycles. The SMILES string of the molecule is CC1CCC(C#N)(C(C)(C)O)CC1. The monoisotopic (exact) mass is 181 g/mol. The highest BCUT2D eigenvalue weighted by Crippen LogP contribution is 2.45. The van der Waals surface area contributed by atoms with Crippen LogP contribution in [0.25, 0.3) is 0 Å². The summed E-state index contributed by atoms with van der Waals surface area (Å²) < 4.78 is 0. The molecule has 1 saturated carbocycles. The fraction of sp³-hybridized carbons (Fsp3) is 0.909. The van der Waals surface area contributed by atoms with E-state index in [0.717, 1.165) is 25.7 Å². The lowest BCUT2D eigenvalue weighted by Gasteiger charge is -2.42. The third-order valence-electron chi connectivity index (χ3n) is 3.51. The Kier molecular flexibility index (Phi) is 2.68. The molecule has 1 aliphatic carbocycles. The summed E-state index contributed by atoms with van der Waals surface area (Å²) in [5.41, 5.74) is -1.36. The molecule has 0 aromatic heterocycles. The molecular weight excluding hydrogens is 162 g/mol. The Balaban J connectivity index is 2.80. The summed E-state index contributed by atoms with van der Waals surface area (Å²) in [7, 11) is 0. The first-order valence-electron chi connectivity index (χ1n) is 5.05. The molecule has 0 aromatic rings. The molecule has 1 aliphatic rings. The summed E-state index contributed by atoms with van der Waals surface area (Å²) in [5, 5.41) is 19.1. The summed E-state index contributed by atoms with van der Waals surface area (Å²) in [5.74, 6) is 0.712. The Morgan fingerprint density at radius 2 is 1.85 bits per heavy atom. The standard InChI is InChI=1S/C11H19NO/c1-9-4-6-11(8-12,7-5-9)10(2,3)13/h9,13H,4-7H2,1-3H3. The van der Waals surface area contributed by atoms with Crippen LogP contribution in [-0.2, 0) is 0 Å². The Hall–Kier alpha value is -0.550. The lowest BCUT2D eigenvalue weighted by atomic mass is 9.63. The van der Waals surface area contributed by atoms with Gasteiger partial charge in [0.25, 0.3) is 0 Å². The predicted octanol–water partition coefficient (Wildman–Crippen LogP) is 2.48. The Morgan fingerprint density at radius 3 is 2.15 bits per heavy atom. The number of hydrogen-bond acceptors (Lipinski definition) is 2.